The number of ether oxygens (including phenoxy) is 1. The van der Waals surface area contributed by atoms with Crippen LogP contribution >= 0.6 is 0 Å². The Kier molecular flexibility index (Phi) is 7.87. The number of nitrogens with one attached hydrogen (secondary N) is 1. The second kappa shape index (κ2) is 8.72. The maximum Gasteiger partial charge on any atom is 0.408 e. The number of unbranched alkanes of at least 4 members (excludes halogenated alkanes) is 1. The van der Waals surface area contributed by atoms with E-state index < -0.39 is 18.1 Å². The summed E-state index contributed by atoms with van der Waals surface area (Å²) in [6.07, 6.45) is 2.38. The molecule has 4 N–H and O–H groups in total. The highest BCUT2D eigenvalue weighted by atomic mass is 16.5. The van der Waals surface area contributed by atoms with Crippen LogP contribution in [0.3, 0.4) is 0 Å². The highest BCUT2D eigenvalue weighted by Crippen LogP contribution is 2.01. The number of hydrogen-bond acceptors (Lipinski definition) is 4. The van der Waals surface area contributed by atoms with Crippen LogP contribution in [-0.2, 0) is 9.53 Å². The number of rotatable bonds is 8. The maximum atomic E-state index is 11.1. The number of carboxylic acids is 1. The van der Waals surface area contributed by atoms with E-state index in [9.17, 15) is 9.59 Å². The Hall–Kier alpha value is -1.56. The highest BCUT2D eigenvalue weighted by molar-refractivity contribution is 5.79. The van der Waals surface area contributed by atoms with Crippen molar-refractivity contribution in [2.75, 3.05) is 13.2 Å². The minimum atomic E-state index is -1.08. The van der Waals surface area contributed by atoms with E-state index >= 15 is 0 Å². The number of carbonyl (C=O) groups is 2. The second-order valence-corrected chi connectivity index (χ2v) is 3.21. The number of carbonyl (C=O) groups excluding carboxylic acids is 1. The van der Waals surface area contributed by atoms with Crippen molar-refractivity contribution in [3.8, 4) is 0 Å². The molecule has 0 aromatic carbocycles. The van der Waals surface area contributed by atoms with Crippen LogP contribution < -0.4 is 11.1 Å². The van der Waals surface area contributed by atoms with Gasteiger partial charge in [-0.05, 0) is 25.8 Å². The monoisotopic (exact) mass is 230 g/mol. The highest BCUT2D eigenvalue weighted by Gasteiger charge is 2.19. The minimum Gasteiger partial charge on any atom is -0.480 e. The molecule has 0 aliphatic rings. The summed E-state index contributed by atoms with van der Waals surface area (Å²) >= 11 is 0. The molecule has 0 bridgehead atoms. The van der Waals surface area contributed by atoms with Gasteiger partial charge in [0.15, 0.2) is 0 Å². The molecule has 0 rings (SSSR count). The summed E-state index contributed by atoms with van der Waals surface area (Å²) in [6, 6.07) is -0.927. The SMILES string of the molecule is C=CCOC(=O)N[C@H](CCCCN)C(=O)O. The Labute approximate surface area is 94.5 Å². The molecule has 0 radical (unpaired) electrons. The van der Waals surface area contributed by atoms with Crippen molar-refractivity contribution in [2.24, 2.45) is 5.73 Å². The predicted octanol–water partition coefficient (Wildman–Crippen LogP) is 0.481. The number of carboxylic acid groups (broad SMARTS) is 1. The summed E-state index contributed by atoms with van der Waals surface area (Å²) in [5.41, 5.74) is 5.29. The minimum absolute atomic E-state index is 0.0565. The molecule has 0 fully saturated rings. The van der Waals surface area contributed by atoms with Crippen LogP contribution in [0, 0.1) is 0 Å². The third-order valence-corrected chi connectivity index (χ3v) is 1.87. The third-order valence-electron chi connectivity index (χ3n) is 1.87. The molecule has 16 heavy (non-hydrogen) atoms. The second-order valence-electron chi connectivity index (χ2n) is 3.21. The number of alkyl carbamates (subject to hydrolysis) is 1. The van der Waals surface area contributed by atoms with Crippen LogP contribution in [0.5, 0.6) is 0 Å². The first-order valence-electron chi connectivity index (χ1n) is 5.08. The quantitative estimate of drug-likeness (QED) is 0.416. The number of amides is 1. The van der Waals surface area contributed by atoms with Gasteiger partial charge in [-0.1, -0.05) is 12.7 Å². The molecule has 0 spiro atoms. The third kappa shape index (κ3) is 6.83. The predicted molar refractivity (Wildman–Crippen MR) is 59.0 cm³/mol. The van der Waals surface area contributed by atoms with Gasteiger partial charge in [0, 0.05) is 0 Å². The van der Waals surface area contributed by atoms with Crippen molar-refractivity contribution >= 4 is 12.1 Å². The van der Waals surface area contributed by atoms with E-state index in [0.717, 1.165) is 6.42 Å². The van der Waals surface area contributed by atoms with E-state index in [2.05, 4.69) is 16.6 Å². The number of aliphatic carboxylic acids is 1. The Morgan fingerprint density at radius 1 is 1.50 bits per heavy atom. The van der Waals surface area contributed by atoms with Gasteiger partial charge in [-0.25, -0.2) is 9.59 Å². The smallest absolute Gasteiger partial charge is 0.408 e. The first-order valence-corrected chi connectivity index (χ1v) is 5.08. The molecule has 1 atom stereocenters. The molecule has 0 aliphatic heterocycles. The molecule has 1 amide bonds. The molecular formula is C10H18N2O4. The largest absolute Gasteiger partial charge is 0.480 e. The molecule has 0 saturated heterocycles. The average Bonchev–Trinajstić information content (AvgIpc) is 2.25. The number of hydrogen-bond donors (Lipinski definition) is 3. The van der Waals surface area contributed by atoms with Gasteiger partial charge in [0.2, 0.25) is 0 Å². The maximum absolute atomic E-state index is 11.1. The van der Waals surface area contributed by atoms with E-state index in [-0.39, 0.29) is 6.61 Å². The normalized spacial score (nSPS) is 11.6. The zero-order valence-electron chi connectivity index (χ0n) is 9.15. The lowest BCUT2D eigenvalue weighted by atomic mass is 10.1. The van der Waals surface area contributed by atoms with Gasteiger partial charge in [-0.3, -0.25) is 0 Å². The lowest BCUT2D eigenvalue weighted by Gasteiger charge is -2.13. The molecule has 0 unspecified atom stereocenters. The van der Waals surface area contributed by atoms with Crippen LogP contribution in [-0.4, -0.2) is 36.4 Å². The van der Waals surface area contributed by atoms with Gasteiger partial charge in [-0.2, -0.15) is 0 Å². The lowest BCUT2D eigenvalue weighted by Crippen LogP contribution is -2.41. The summed E-state index contributed by atoms with van der Waals surface area (Å²) < 4.78 is 4.62. The Morgan fingerprint density at radius 3 is 2.69 bits per heavy atom. The molecular weight excluding hydrogens is 212 g/mol. The molecule has 92 valence electrons. The van der Waals surface area contributed by atoms with Crippen LogP contribution in [0.15, 0.2) is 12.7 Å². The topological polar surface area (TPSA) is 102 Å². The van der Waals surface area contributed by atoms with Crippen molar-refractivity contribution in [3.63, 3.8) is 0 Å². The Morgan fingerprint density at radius 2 is 2.19 bits per heavy atom. The van der Waals surface area contributed by atoms with Gasteiger partial charge < -0.3 is 20.9 Å². The molecule has 0 heterocycles. The van der Waals surface area contributed by atoms with Crippen molar-refractivity contribution in [3.05, 3.63) is 12.7 Å². The fourth-order valence-corrected chi connectivity index (χ4v) is 1.07. The summed E-state index contributed by atoms with van der Waals surface area (Å²) in [5, 5.41) is 11.1. The zero-order valence-corrected chi connectivity index (χ0v) is 9.15. The van der Waals surface area contributed by atoms with Crippen LogP contribution in [0.4, 0.5) is 4.79 Å². The molecule has 6 heteroatoms. The van der Waals surface area contributed by atoms with Gasteiger partial charge in [-0.15, -0.1) is 0 Å². The first kappa shape index (κ1) is 14.4. The average molecular weight is 230 g/mol. The molecule has 0 aromatic rings. The summed E-state index contributed by atoms with van der Waals surface area (Å²) in [5.74, 6) is -1.08. The summed E-state index contributed by atoms with van der Waals surface area (Å²) in [6.45, 7) is 3.94. The summed E-state index contributed by atoms with van der Waals surface area (Å²) in [4.78, 5) is 21.9. The van der Waals surface area contributed by atoms with Crippen molar-refractivity contribution in [1.82, 2.24) is 5.32 Å². The van der Waals surface area contributed by atoms with E-state index in [1.54, 1.807) is 0 Å². The molecule has 6 nitrogen and oxygen atoms in total. The van der Waals surface area contributed by atoms with Gasteiger partial charge in [0.25, 0.3) is 0 Å². The molecule has 0 aromatic heterocycles. The van der Waals surface area contributed by atoms with E-state index in [0.29, 0.717) is 19.4 Å². The standard InChI is InChI=1S/C10H18N2O4/c1-2-7-16-10(15)12-8(9(13)14)5-3-4-6-11/h2,8H,1,3-7,11H2,(H,12,15)(H,13,14)/t8-/m1/s1. The molecule has 0 saturated carbocycles. The van der Waals surface area contributed by atoms with Gasteiger partial charge in [0.1, 0.15) is 12.6 Å². The fourth-order valence-electron chi connectivity index (χ4n) is 1.07. The van der Waals surface area contributed by atoms with E-state index in [4.69, 9.17) is 10.8 Å². The number of nitrogens with two attached hydrogens (primary N) is 1. The first-order chi connectivity index (χ1) is 7.61. The van der Waals surface area contributed by atoms with Crippen LogP contribution in [0.1, 0.15) is 19.3 Å². The van der Waals surface area contributed by atoms with Crippen molar-refractivity contribution in [1.29, 1.82) is 0 Å². The van der Waals surface area contributed by atoms with Crippen LogP contribution in [0.25, 0.3) is 0 Å². The van der Waals surface area contributed by atoms with Gasteiger partial charge in [0.05, 0.1) is 0 Å². The fraction of sp³-hybridized carbons (Fsp3) is 0.600. The zero-order chi connectivity index (χ0) is 12.4. The summed E-state index contributed by atoms with van der Waals surface area (Å²) in [7, 11) is 0. The Bertz CT molecular complexity index is 243. The lowest BCUT2D eigenvalue weighted by molar-refractivity contribution is -0.139. The van der Waals surface area contributed by atoms with Crippen molar-refractivity contribution < 1.29 is 19.4 Å². The van der Waals surface area contributed by atoms with Gasteiger partial charge >= 0.3 is 12.1 Å². The van der Waals surface area contributed by atoms with E-state index in [1.165, 1.54) is 6.08 Å². The van der Waals surface area contributed by atoms with E-state index in [1.807, 2.05) is 0 Å². The Balaban J connectivity index is 3.96. The van der Waals surface area contributed by atoms with Crippen LogP contribution in [0.2, 0.25) is 0 Å². The van der Waals surface area contributed by atoms with Crippen molar-refractivity contribution in [2.45, 2.75) is 25.3 Å². The molecule has 0 aliphatic carbocycles.